The van der Waals surface area contributed by atoms with Gasteiger partial charge >= 0.3 is 12.1 Å². The number of benzene rings is 2. The minimum Gasteiger partial charge on any atom is -0.480 e. The predicted molar refractivity (Wildman–Crippen MR) is 124 cm³/mol. The number of piperidine rings is 1. The zero-order valence-electron chi connectivity index (χ0n) is 18.7. The van der Waals surface area contributed by atoms with Crippen molar-refractivity contribution in [3.63, 3.8) is 0 Å². The highest BCUT2D eigenvalue weighted by atomic mass is 16.5. The second kappa shape index (κ2) is 10.5. The molecule has 33 heavy (non-hydrogen) atoms. The van der Waals surface area contributed by atoms with Gasteiger partial charge in [0.25, 0.3) is 0 Å². The van der Waals surface area contributed by atoms with E-state index in [1.165, 1.54) is 27.2 Å². The second-order valence-corrected chi connectivity index (χ2v) is 8.65. The van der Waals surface area contributed by atoms with E-state index in [0.717, 1.165) is 12.8 Å². The Labute approximate surface area is 193 Å². The van der Waals surface area contributed by atoms with Crippen molar-refractivity contribution >= 4 is 18.0 Å². The second-order valence-electron chi connectivity index (χ2n) is 8.65. The molecule has 2 aromatic carbocycles. The zero-order valence-corrected chi connectivity index (χ0v) is 18.7. The number of unbranched alkanes of at least 4 members (excludes halogenated alkanes) is 1. The molecule has 2 amide bonds. The van der Waals surface area contributed by atoms with E-state index in [4.69, 9.17) is 4.74 Å². The Kier molecular flexibility index (Phi) is 7.27. The van der Waals surface area contributed by atoms with E-state index < -0.39 is 18.1 Å². The van der Waals surface area contributed by atoms with Crippen molar-refractivity contribution < 1.29 is 24.2 Å². The van der Waals surface area contributed by atoms with Crippen LogP contribution in [0.4, 0.5) is 4.79 Å². The van der Waals surface area contributed by atoms with E-state index in [0.29, 0.717) is 32.4 Å². The zero-order chi connectivity index (χ0) is 23.2. The summed E-state index contributed by atoms with van der Waals surface area (Å²) in [6.07, 6.45) is 3.24. The molecule has 0 spiro atoms. The third-order valence-corrected chi connectivity index (χ3v) is 6.54. The molecule has 4 rings (SSSR count). The number of amides is 2. The lowest BCUT2D eigenvalue weighted by atomic mass is 9.98. The monoisotopic (exact) mass is 450 g/mol. The lowest BCUT2D eigenvalue weighted by Gasteiger charge is -2.33. The van der Waals surface area contributed by atoms with Gasteiger partial charge in [0.15, 0.2) is 0 Å². The fourth-order valence-electron chi connectivity index (χ4n) is 4.87. The van der Waals surface area contributed by atoms with Gasteiger partial charge in [0, 0.05) is 25.4 Å². The fraction of sp³-hybridized carbons (Fsp3) is 0.423. The first-order valence-corrected chi connectivity index (χ1v) is 11.7. The van der Waals surface area contributed by atoms with Gasteiger partial charge in [-0.2, -0.15) is 0 Å². The topological polar surface area (TPSA) is 95.9 Å². The fourth-order valence-corrected chi connectivity index (χ4v) is 4.87. The molecule has 0 radical (unpaired) electrons. The number of likely N-dealkylation sites (tertiary alicyclic amines) is 1. The first kappa shape index (κ1) is 22.8. The standard InChI is InChI=1S/C26H30N2O5/c29-24(28-16-8-6-13-23(28)25(30)31)14-5-7-15-27-26(32)33-17-22-20-11-3-1-9-18(20)19-10-2-4-12-21(19)22/h1-4,9-12,22-23H,5-8,13-17H2,(H,27,32)(H,30,31)/t23-/m1/s1. The number of ether oxygens (including phenoxy) is 1. The quantitative estimate of drug-likeness (QED) is 0.589. The highest BCUT2D eigenvalue weighted by Crippen LogP contribution is 2.44. The molecule has 1 aliphatic heterocycles. The van der Waals surface area contributed by atoms with Crippen LogP contribution in [0.2, 0.25) is 0 Å². The van der Waals surface area contributed by atoms with E-state index in [-0.39, 0.29) is 24.9 Å². The van der Waals surface area contributed by atoms with Crippen LogP contribution in [-0.4, -0.2) is 53.7 Å². The number of carboxylic acids is 1. The Bertz CT molecular complexity index is 976. The van der Waals surface area contributed by atoms with Gasteiger partial charge in [0.2, 0.25) is 5.91 Å². The summed E-state index contributed by atoms with van der Waals surface area (Å²) in [7, 11) is 0. The molecule has 0 bridgehead atoms. The molecule has 1 saturated heterocycles. The molecule has 2 aromatic rings. The normalized spacial score (nSPS) is 17.2. The maximum atomic E-state index is 12.4. The van der Waals surface area contributed by atoms with Crippen LogP contribution >= 0.6 is 0 Å². The van der Waals surface area contributed by atoms with Crippen LogP contribution in [0, 0.1) is 0 Å². The van der Waals surface area contributed by atoms with Gasteiger partial charge in [-0.3, -0.25) is 4.79 Å². The maximum absolute atomic E-state index is 12.4. The largest absolute Gasteiger partial charge is 0.480 e. The molecule has 7 heteroatoms. The summed E-state index contributed by atoms with van der Waals surface area (Å²) in [6, 6.07) is 15.7. The first-order chi connectivity index (χ1) is 16.1. The summed E-state index contributed by atoms with van der Waals surface area (Å²) < 4.78 is 5.51. The maximum Gasteiger partial charge on any atom is 0.407 e. The molecule has 2 aliphatic rings. The van der Waals surface area contributed by atoms with Crippen molar-refractivity contribution in [2.45, 2.75) is 50.5 Å². The van der Waals surface area contributed by atoms with Crippen molar-refractivity contribution in [2.75, 3.05) is 19.7 Å². The van der Waals surface area contributed by atoms with Crippen LogP contribution < -0.4 is 5.32 Å². The number of aliphatic carboxylic acids is 1. The number of rotatable bonds is 8. The summed E-state index contributed by atoms with van der Waals surface area (Å²) in [5, 5.41) is 12.1. The van der Waals surface area contributed by atoms with E-state index in [1.54, 1.807) is 0 Å². The van der Waals surface area contributed by atoms with Crippen LogP contribution in [0.15, 0.2) is 48.5 Å². The lowest BCUT2D eigenvalue weighted by molar-refractivity contribution is -0.152. The van der Waals surface area contributed by atoms with Gasteiger partial charge in [0.1, 0.15) is 12.6 Å². The molecule has 2 N–H and O–H groups in total. The van der Waals surface area contributed by atoms with Crippen LogP contribution in [-0.2, 0) is 14.3 Å². The Balaban J connectivity index is 1.19. The van der Waals surface area contributed by atoms with Crippen LogP contribution in [0.1, 0.15) is 55.6 Å². The molecular formula is C26H30N2O5. The summed E-state index contributed by atoms with van der Waals surface area (Å²) in [5.74, 6) is -1.03. The summed E-state index contributed by atoms with van der Waals surface area (Å²) in [5.41, 5.74) is 4.71. The number of hydrogen-bond acceptors (Lipinski definition) is 4. The van der Waals surface area contributed by atoms with Crippen molar-refractivity contribution in [3.05, 3.63) is 59.7 Å². The Morgan fingerprint density at radius 3 is 2.30 bits per heavy atom. The third kappa shape index (κ3) is 5.18. The van der Waals surface area contributed by atoms with E-state index in [2.05, 4.69) is 29.6 Å². The number of carboxylic acid groups (broad SMARTS) is 1. The molecule has 0 aromatic heterocycles. The number of carbonyl (C=O) groups excluding carboxylic acids is 2. The Hall–Kier alpha value is -3.35. The highest BCUT2D eigenvalue weighted by molar-refractivity contribution is 5.84. The molecule has 0 saturated carbocycles. The minimum atomic E-state index is -0.931. The van der Waals surface area contributed by atoms with Crippen LogP contribution in [0.25, 0.3) is 11.1 Å². The van der Waals surface area contributed by atoms with Crippen LogP contribution in [0.3, 0.4) is 0 Å². The van der Waals surface area contributed by atoms with E-state index in [1.807, 2.05) is 24.3 Å². The third-order valence-electron chi connectivity index (χ3n) is 6.54. The molecule has 1 heterocycles. The van der Waals surface area contributed by atoms with E-state index in [9.17, 15) is 19.5 Å². The van der Waals surface area contributed by atoms with Crippen molar-refractivity contribution in [1.82, 2.24) is 10.2 Å². The number of alkyl carbamates (subject to hydrolysis) is 1. The molecule has 1 atom stereocenters. The van der Waals surface area contributed by atoms with Crippen molar-refractivity contribution in [1.29, 1.82) is 0 Å². The molecule has 7 nitrogen and oxygen atoms in total. The van der Waals surface area contributed by atoms with Gasteiger partial charge in [-0.05, 0) is 54.4 Å². The first-order valence-electron chi connectivity index (χ1n) is 11.7. The minimum absolute atomic E-state index is 0.0208. The van der Waals surface area contributed by atoms with Crippen molar-refractivity contribution in [3.8, 4) is 11.1 Å². The molecule has 0 unspecified atom stereocenters. The number of hydrogen-bond donors (Lipinski definition) is 2. The highest BCUT2D eigenvalue weighted by Gasteiger charge is 2.31. The SMILES string of the molecule is O=C(NCCCCC(=O)N1CCCC[C@@H]1C(=O)O)OCC1c2ccccc2-c2ccccc21. The summed E-state index contributed by atoms with van der Waals surface area (Å²) >= 11 is 0. The van der Waals surface area contributed by atoms with Gasteiger partial charge in [-0.15, -0.1) is 0 Å². The Morgan fingerprint density at radius 2 is 1.64 bits per heavy atom. The molecule has 174 valence electrons. The lowest BCUT2D eigenvalue weighted by Crippen LogP contribution is -2.47. The van der Waals surface area contributed by atoms with Gasteiger partial charge in [-0.1, -0.05) is 48.5 Å². The van der Waals surface area contributed by atoms with Gasteiger partial charge in [-0.25, -0.2) is 9.59 Å². The van der Waals surface area contributed by atoms with Gasteiger partial charge < -0.3 is 20.1 Å². The van der Waals surface area contributed by atoms with E-state index >= 15 is 0 Å². The molecular weight excluding hydrogens is 420 g/mol. The number of nitrogens with zero attached hydrogens (tertiary/aromatic N) is 1. The molecule has 1 fully saturated rings. The average Bonchev–Trinajstić information content (AvgIpc) is 3.16. The average molecular weight is 451 g/mol. The molecule has 1 aliphatic carbocycles. The summed E-state index contributed by atoms with van der Waals surface area (Å²) in [4.78, 5) is 37.5. The Morgan fingerprint density at radius 1 is 0.970 bits per heavy atom. The van der Waals surface area contributed by atoms with Crippen molar-refractivity contribution in [2.24, 2.45) is 0 Å². The predicted octanol–water partition coefficient (Wildman–Crippen LogP) is 4.16. The number of carbonyl (C=O) groups is 3. The smallest absolute Gasteiger partial charge is 0.407 e. The number of fused-ring (bicyclic) bond motifs is 3. The van der Waals surface area contributed by atoms with Crippen LogP contribution in [0.5, 0.6) is 0 Å². The number of nitrogens with one attached hydrogen (secondary N) is 1. The summed E-state index contributed by atoms with van der Waals surface area (Å²) in [6.45, 7) is 1.18. The van der Waals surface area contributed by atoms with Gasteiger partial charge in [0.05, 0.1) is 0 Å².